The van der Waals surface area contributed by atoms with Crippen LogP contribution in [0.15, 0.2) is 15.4 Å². The summed E-state index contributed by atoms with van der Waals surface area (Å²) in [5, 5.41) is 15.3. The zero-order valence-corrected chi connectivity index (χ0v) is 8.45. The molecule has 7 heteroatoms. The van der Waals surface area contributed by atoms with Crippen LogP contribution in [0.2, 0.25) is 0 Å². The van der Waals surface area contributed by atoms with Gasteiger partial charge in [0.05, 0.1) is 11.1 Å². The molecule has 68 valence electrons. The number of nitrogens with one attached hydrogen (secondary N) is 1. The molecule has 2 aromatic heterocycles. The van der Waals surface area contributed by atoms with Crippen LogP contribution in [0.4, 0.5) is 5.82 Å². The van der Waals surface area contributed by atoms with Crippen molar-refractivity contribution in [3.63, 3.8) is 0 Å². The molecule has 0 aliphatic rings. The molecule has 2 heterocycles. The van der Waals surface area contributed by atoms with Gasteiger partial charge in [-0.1, -0.05) is 23.1 Å². The second-order valence-corrected chi connectivity index (χ2v) is 4.81. The monoisotopic (exact) mass is 213 g/mol. The number of H-pyrrole nitrogens is 1. The molecule has 2 rings (SSSR count). The highest BCUT2D eigenvalue weighted by Gasteiger charge is 2.07. The quantitative estimate of drug-likeness (QED) is 0.786. The Labute approximate surface area is 82.8 Å². The van der Waals surface area contributed by atoms with Crippen LogP contribution in [0.1, 0.15) is 5.01 Å². The van der Waals surface area contributed by atoms with Crippen molar-refractivity contribution in [3.05, 3.63) is 11.2 Å². The molecule has 0 amide bonds. The van der Waals surface area contributed by atoms with Crippen LogP contribution in [-0.4, -0.2) is 20.4 Å². The minimum atomic E-state index is 0.567. The summed E-state index contributed by atoms with van der Waals surface area (Å²) in [6.45, 7) is 1.92. The second-order valence-electron chi connectivity index (χ2n) is 2.34. The predicted octanol–water partition coefficient (Wildman–Crippen LogP) is 1.30. The van der Waals surface area contributed by atoms with Gasteiger partial charge >= 0.3 is 0 Å². The van der Waals surface area contributed by atoms with Crippen LogP contribution in [0.5, 0.6) is 0 Å². The van der Waals surface area contributed by atoms with Crippen molar-refractivity contribution in [2.24, 2.45) is 0 Å². The molecule has 5 nitrogen and oxygen atoms in total. The molecule has 2 aromatic rings. The third kappa shape index (κ3) is 1.81. The molecule has 3 N–H and O–H groups in total. The first kappa shape index (κ1) is 8.52. The molecule has 13 heavy (non-hydrogen) atoms. The largest absolute Gasteiger partial charge is 0.383 e. The Kier molecular flexibility index (Phi) is 2.19. The number of hydrogen-bond acceptors (Lipinski definition) is 6. The molecule has 0 aliphatic carbocycles. The standard InChI is InChI=1S/C6H7N5S2/c1-3-9-11-6(12-3)13-4-2-8-10-5(4)7/h2H,1H3,(H3,7,8,10). The van der Waals surface area contributed by atoms with Crippen molar-refractivity contribution in [2.45, 2.75) is 16.2 Å². The Hall–Kier alpha value is -1.08. The first-order valence-corrected chi connectivity index (χ1v) is 5.16. The van der Waals surface area contributed by atoms with E-state index in [9.17, 15) is 0 Å². The van der Waals surface area contributed by atoms with Gasteiger partial charge in [-0.3, -0.25) is 5.10 Å². The van der Waals surface area contributed by atoms with Gasteiger partial charge in [-0.05, 0) is 6.92 Å². The maximum atomic E-state index is 5.61. The first-order chi connectivity index (χ1) is 6.25. The molecule has 0 bridgehead atoms. The lowest BCUT2D eigenvalue weighted by atomic mass is 10.7. The molecule has 0 aliphatic heterocycles. The highest BCUT2D eigenvalue weighted by Crippen LogP contribution is 2.32. The smallest absolute Gasteiger partial charge is 0.179 e. The highest BCUT2D eigenvalue weighted by molar-refractivity contribution is 8.01. The SMILES string of the molecule is Cc1nnc(Sc2cn[nH]c2N)s1. The van der Waals surface area contributed by atoms with Gasteiger partial charge in [-0.2, -0.15) is 5.10 Å². The lowest BCUT2D eigenvalue weighted by Gasteiger charge is -1.91. The van der Waals surface area contributed by atoms with E-state index in [1.807, 2.05) is 6.92 Å². The third-order valence-electron chi connectivity index (χ3n) is 1.34. The number of aryl methyl sites for hydroxylation is 1. The summed E-state index contributed by atoms with van der Waals surface area (Å²) < 4.78 is 0.880. The van der Waals surface area contributed by atoms with Crippen LogP contribution in [-0.2, 0) is 0 Å². The van der Waals surface area contributed by atoms with Crippen LogP contribution in [0.25, 0.3) is 0 Å². The van der Waals surface area contributed by atoms with E-state index in [0.29, 0.717) is 5.82 Å². The van der Waals surface area contributed by atoms with Gasteiger partial charge in [-0.15, -0.1) is 10.2 Å². The van der Waals surface area contributed by atoms with Crippen LogP contribution in [0, 0.1) is 6.92 Å². The van der Waals surface area contributed by atoms with Crippen molar-refractivity contribution >= 4 is 28.9 Å². The predicted molar refractivity (Wildman–Crippen MR) is 51.8 cm³/mol. The first-order valence-electron chi connectivity index (χ1n) is 3.52. The van der Waals surface area contributed by atoms with Gasteiger partial charge in [0.15, 0.2) is 4.34 Å². The molecule has 0 radical (unpaired) electrons. The molecule has 0 fully saturated rings. The fourth-order valence-corrected chi connectivity index (χ4v) is 2.52. The van der Waals surface area contributed by atoms with Gasteiger partial charge in [0, 0.05) is 0 Å². The Balaban J connectivity index is 2.19. The van der Waals surface area contributed by atoms with Crippen LogP contribution in [0.3, 0.4) is 0 Å². The Morgan fingerprint density at radius 1 is 1.54 bits per heavy atom. The molecule has 0 saturated heterocycles. The molecular formula is C6H7N5S2. The summed E-state index contributed by atoms with van der Waals surface area (Å²) in [5.41, 5.74) is 5.61. The average Bonchev–Trinajstić information content (AvgIpc) is 2.64. The van der Waals surface area contributed by atoms with Crippen LogP contribution >= 0.6 is 23.1 Å². The number of nitrogens with zero attached hydrogens (tertiary/aromatic N) is 3. The topological polar surface area (TPSA) is 80.5 Å². The van der Waals surface area contributed by atoms with E-state index in [1.54, 1.807) is 6.20 Å². The van der Waals surface area contributed by atoms with Crippen molar-refractivity contribution in [1.82, 2.24) is 20.4 Å². The number of rotatable bonds is 2. The minimum absolute atomic E-state index is 0.567. The van der Waals surface area contributed by atoms with Gasteiger partial charge in [0.2, 0.25) is 0 Å². The molecule has 0 saturated carbocycles. The van der Waals surface area contributed by atoms with Gasteiger partial charge in [0.25, 0.3) is 0 Å². The minimum Gasteiger partial charge on any atom is -0.383 e. The lowest BCUT2D eigenvalue weighted by Crippen LogP contribution is -1.85. The number of nitrogens with two attached hydrogens (primary N) is 1. The maximum Gasteiger partial charge on any atom is 0.179 e. The summed E-state index contributed by atoms with van der Waals surface area (Å²) in [7, 11) is 0. The maximum absolute atomic E-state index is 5.61. The van der Waals surface area contributed by atoms with E-state index in [-0.39, 0.29) is 0 Å². The summed E-state index contributed by atoms with van der Waals surface area (Å²) in [6, 6.07) is 0. The summed E-state index contributed by atoms with van der Waals surface area (Å²) in [5.74, 6) is 0.567. The van der Waals surface area contributed by atoms with Gasteiger partial charge in [-0.25, -0.2) is 0 Å². The normalized spacial score (nSPS) is 10.5. The number of hydrogen-bond donors (Lipinski definition) is 2. The highest BCUT2D eigenvalue weighted by atomic mass is 32.2. The number of anilines is 1. The van der Waals surface area contributed by atoms with Crippen molar-refractivity contribution in [1.29, 1.82) is 0 Å². The summed E-state index contributed by atoms with van der Waals surface area (Å²) in [6.07, 6.45) is 1.68. The zero-order chi connectivity index (χ0) is 9.26. The van der Waals surface area contributed by atoms with Crippen LogP contribution < -0.4 is 5.73 Å². The molecular weight excluding hydrogens is 206 g/mol. The van der Waals surface area contributed by atoms with E-state index in [4.69, 9.17) is 5.73 Å². The van der Waals surface area contributed by atoms with E-state index in [2.05, 4.69) is 20.4 Å². The molecule has 0 spiro atoms. The summed E-state index contributed by atoms with van der Waals surface area (Å²) in [4.78, 5) is 0.885. The van der Waals surface area contributed by atoms with E-state index < -0.39 is 0 Å². The lowest BCUT2D eigenvalue weighted by molar-refractivity contribution is 0.984. The molecule has 0 atom stereocenters. The average molecular weight is 213 g/mol. The molecule has 0 unspecified atom stereocenters. The summed E-state index contributed by atoms with van der Waals surface area (Å²) >= 11 is 3.01. The number of aromatic amines is 1. The Bertz CT molecular complexity index is 407. The number of aromatic nitrogens is 4. The fourth-order valence-electron chi connectivity index (χ4n) is 0.780. The second kappa shape index (κ2) is 3.35. The zero-order valence-electron chi connectivity index (χ0n) is 6.81. The van der Waals surface area contributed by atoms with Gasteiger partial charge < -0.3 is 5.73 Å². The van der Waals surface area contributed by atoms with Crippen molar-refractivity contribution in [3.8, 4) is 0 Å². The van der Waals surface area contributed by atoms with E-state index >= 15 is 0 Å². The number of nitrogen functional groups attached to an aromatic ring is 1. The van der Waals surface area contributed by atoms with E-state index in [1.165, 1.54) is 23.1 Å². The Morgan fingerprint density at radius 2 is 2.38 bits per heavy atom. The Morgan fingerprint density at radius 3 is 2.92 bits per heavy atom. The van der Waals surface area contributed by atoms with Gasteiger partial charge in [0.1, 0.15) is 10.8 Å². The molecule has 0 aromatic carbocycles. The van der Waals surface area contributed by atoms with E-state index in [0.717, 1.165) is 14.2 Å². The third-order valence-corrected chi connectivity index (χ3v) is 3.27. The van der Waals surface area contributed by atoms with Crippen molar-refractivity contribution in [2.75, 3.05) is 5.73 Å². The van der Waals surface area contributed by atoms with Crippen molar-refractivity contribution < 1.29 is 0 Å². The fraction of sp³-hybridized carbons (Fsp3) is 0.167.